The van der Waals surface area contributed by atoms with Crippen LogP contribution in [0.3, 0.4) is 0 Å². The summed E-state index contributed by atoms with van der Waals surface area (Å²) >= 11 is 0. The first kappa shape index (κ1) is 19.3. The van der Waals surface area contributed by atoms with Gasteiger partial charge in [-0.15, -0.1) is 0 Å². The molecule has 0 aliphatic carbocycles. The van der Waals surface area contributed by atoms with Gasteiger partial charge in [-0.25, -0.2) is 4.99 Å². The minimum Gasteiger partial charge on any atom is -0.492 e. The van der Waals surface area contributed by atoms with Gasteiger partial charge in [-0.05, 0) is 33.5 Å². The van der Waals surface area contributed by atoms with Crippen LogP contribution in [0.4, 0.5) is 0 Å². The molecule has 6 nitrogen and oxygen atoms in total. The third kappa shape index (κ3) is 9.05. The lowest BCUT2D eigenvalue weighted by Crippen LogP contribution is -2.32. The number of nitrogens with zero attached hydrogens (tertiary/aromatic N) is 2. The zero-order chi connectivity index (χ0) is 16.9. The SMILES string of the molecule is CCOCCCNC(N)=NCc1ccccc1OCCN(C)C. The second-order valence-electron chi connectivity index (χ2n) is 5.44. The number of hydrogen-bond acceptors (Lipinski definition) is 4. The highest BCUT2D eigenvalue weighted by molar-refractivity contribution is 5.77. The lowest BCUT2D eigenvalue weighted by molar-refractivity contribution is 0.145. The highest BCUT2D eigenvalue weighted by Crippen LogP contribution is 2.18. The lowest BCUT2D eigenvalue weighted by Gasteiger charge is -2.13. The largest absolute Gasteiger partial charge is 0.492 e. The normalized spacial score (nSPS) is 11.7. The molecule has 0 saturated carbocycles. The summed E-state index contributed by atoms with van der Waals surface area (Å²) in [7, 11) is 4.05. The zero-order valence-electron chi connectivity index (χ0n) is 14.5. The van der Waals surface area contributed by atoms with E-state index >= 15 is 0 Å². The Bertz CT molecular complexity index is 464. The molecular formula is C17H30N4O2. The van der Waals surface area contributed by atoms with Crippen molar-refractivity contribution in [2.45, 2.75) is 19.9 Å². The van der Waals surface area contributed by atoms with E-state index in [-0.39, 0.29) is 0 Å². The number of benzene rings is 1. The van der Waals surface area contributed by atoms with E-state index < -0.39 is 0 Å². The van der Waals surface area contributed by atoms with E-state index in [1.807, 2.05) is 45.3 Å². The van der Waals surface area contributed by atoms with Crippen LogP contribution in [-0.2, 0) is 11.3 Å². The number of nitrogens with one attached hydrogen (secondary N) is 1. The minimum atomic E-state index is 0.449. The molecule has 1 rings (SSSR count). The van der Waals surface area contributed by atoms with E-state index in [2.05, 4.69) is 15.2 Å². The van der Waals surface area contributed by atoms with Crippen LogP contribution in [0.25, 0.3) is 0 Å². The average Bonchev–Trinajstić information content (AvgIpc) is 2.53. The molecular weight excluding hydrogens is 292 g/mol. The Kier molecular flexibility index (Phi) is 9.83. The predicted molar refractivity (Wildman–Crippen MR) is 94.9 cm³/mol. The quantitative estimate of drug-likeness (QED) is 0.367. The van der Waals surface area contributed by atoms with E-state index in [9.17, 15) is 0 Å². The van der Waals surface area contributed by atoms with Gasteiger partial charge in [0.05, 0.1) is 6.54 Å². The summed E-state index contributed by atoms with van der Waals surface area (Å²) in [6, 6.07) is 7.92. The summed E-state index contributed by atoms with van der Waals surface area (Å²) in [6.45, 7) is 6.26. The van der Waals surface area contributed by atoms with Crippen molar-refractivity contribution >= 4 is 5.96 Å². The van der Waals surface area contributed by atoms with E-state index in [1.54, 1.807) is 0 Å². The summed E-state index contributed by atoms with van der Waals surface area (Å²) in [5, 5.41) is 3.09. The van der Waals surface area contributed by atoms with Crippen LogP contribution in [0.15, 0.2) is 29.3 Å². The standard InChI is InChI=1S/C17H30N4O2/c1-4-22-12-7-10-19-17(18)20-14-15-8-5-6-9-16(15)23-13-11-21(2)3/h5-6,8-9H,4,7,10-14H2,1-3H3,(H3,18,19,20). The van der Waals surface area contributed by atoms with Crippen LogP contribution in [-0.4, -0.2) is 57.9 Å². The van der Waals surface area contributed by atoms with E-state index in [0.717, 1.165) is 44.0 Å². The lowest BCUT2D eigenvalue weighted by atomic mass is 10.2. The maximum absolute atomic E-state index is 5.88. The topological polar surface area (TPSA) is 72.1 Å². The summed E-state index contributed by atoms with van der Waals surface area (Å²) in [6.07, 6.45) is 0.911. The van der Waals surface area contributed by atoms with Gasteiger partial charge >= 0.3 is 0 Å². The van der Waals surface area contributed by atoms with Crippen molar-refractivity contribution in [2.75, 3.05) is 47.0 Å². The first-order chi connectivity index (χ1) is 11.1. The van der Waals surface area contributed by atoms with Gasteiger partial charge in [0, 0.05) is 31.9 Å². The number of ether oxygens (including phenoxy) is 2. The monoisotopic (exact) mass is 322 g/mol. The van der Waals surface area contributed by atoms with Crippen molar-refractivity contribution in [3.05, 3.63) is 29.8 Å². The van der Waals surface area contributed by atoms with Crippen LogP contribution in [0, 0.1) is 0 Å². The van der Waals surface area contributed by atoms with Crippen LogP contribution in [0.5, 0.6) is 5.75 Å². The first-order valence-electron chi connectivity index (χ1n) is 8.10. The number of aliphatic imine (C=N–C) groups is 1. The fraction of sp³-hybridized carbons (Fsp3) is 0.588. The molecule has 0 radical (unpaired) electrons. The van der Waals surface area contributed by atoms with Crippen LogP contribution >= 0.6 is 0 Å². The number of para-hydroxylation sites is 1. The second kappa shape index (κ2) is 11.7. The third-order valence-electron chi connectivity index (χ3n) is 3.16. The fourth-order valence-electron chi connectivity index (χ4n) is 1.87. The number of hydrogen-bond donors (Lipinski definition) is 2. The molecule has 0 atom stereocenters. The Morgan fingerprint density at radius 1 is 1.26 bits per heavy atom. The van der Waals surface area contributed by atoms with E-state index in [4.69, 9.17) is 15.2 Å². The van der Waals surface area contributed by atoms with Crippen LogP contribution < -0.4 is 15.8 Å². The summed E-state index contributed by atoms with van der Waals surface area (Å²) < 4.78 is 11.1. The average molecular weight is 322 g/mol. The zero-order valence-corrected chi connectivity index (χ0v) is 14.5. The molecule has 0 amide bonds. The molecule has 6 heteroatoms. The summed E-state index contributed by atoms with van der Waals surface area (Å²) in [4.78, 5) is 6.46. The Morgan fingerprint density at radius 3 is 2.78 bits per heavy atom. The number of guanidine groups is 1. The van der Waals surface area contributed by atoms with Gasteiger partial charge < -0.3 is 25.4 Å². The van der Waals surface area contributed by atoms with Crippen molar-refractivity contribution in [1.29, 1.82) is 0 Å². The Morgan fingerprint density at radius 2 is 2.04 bits per heavy atom. The molecule has 0 fully saturated rings. The van der Waals surface area contributed by atoms with E-state index in [0.29, 0.717) is 19.1 Å². The van der Waals surface area contributed by atoms with E-state index in [1.165, 1.54) is 0 Å². The molecule has 23 heavy (non-hydrogen) atoms. The molecule has 1 aromatic rings. The van der Waals surface area contributed by atoms with Gasteiger partial charge in [0.25, 0.3) is 0 Å². The van der Waals surface area contributed by atoms with Crippen molar-refractivity contribution in [2.24, 2.45) is 10.7 Å². The van der Waals surface area contributed by atoms with Gasteiger partial charge in [0.2, 0.25) is 0 Å². The minimum absolute atomic E-state index is 0.449. The van der Waals surface area contributed by atoms with Crippen LogP contribution in [0.2, 0.25) is 0 Å². The summed E-state index contributed by atoms with van der Waals surface area (Å²) in [5.41, 5.74) is 6.91. The molecule has 0 heterocycles. The number of rotatable bonds is 11. The maximum atomic E-state index is 5.88. The Labute approximate surface area is 139 Å². The third-order valence-corrected chi connectivity index (χ3v) is 3.16. The molecule has 1 aromatic carbocycles. The highest BCUT2D eigenvalue weighted by atomic mass is 16.5. The molecule has 3 N–H and O–H groups in total. The molecule has 0 aromatic heterocycles. The molecule has 0 aliphatic heterocycles. The van der Waals surface area contributed by atoms with Gasteiger partial charge in [0.1, 0.15) is 12.4 Å². The first-order valence-corrected chi connectivity index (χ1v) is 8.10. The van der Waals surface area contributed by atoms with Crippen molar-refractivity contribution in [3.63, 3.8) is 0 Å². The second-order valence-corrected chi connectivity index (χ2v) is 5.44. The maximum Gasteiger partial charge on any atom is 0.188 e. The van der Waals surface area contributed by atoms with Crippen molar-refractivity contribution in [3.8, 4) is 5.75 Å². The number of nitrogens with two attached hydrogens (primary N) is 1. The molecule has 130 valence electrons. The Hall–Kier alpha value is -1.79. The summed E-state index contributed by atoms with van der Waals surface area (Å²) in [5.74, 6) is 1.31. The molecule has 0 spiro atoms. The molecule has 0 unspecified atom stereocenters. The van der Waals surface area contributed by atoms with Gasteiger partial charge in [-0.2, -0.15) is 0 Å². The van der Waals surface area contributed by atoms with Crippen LogP contribution in [0.1, 0.15) is 18.9 Å². The molecule has 0 bridgehead atoms. The van der Waals surface area contributed by atoms with Gasteiger partial charge in [-0.3, -0.25) is 0 Å². The Balaban J connectivity index is 2.41. The van der Waals surface area contributed by atoms with Gasteiger partial charge in [0.15, 0.2) is 5.96 Å². The highest BCUT2D eigenvalue weighted by Gasteiger charge is 2.03. The fourth-order valence-corrected chi connectivity index (χ4v) is 1.87. The molecule has 0 saturated heterocycles. The van der Waals surface area contributed by atoms with Crippen molar-refractivity contribution in [1.82, 2.24) is 10.2 Å². The van der Waals surface area contributed by atoms with Crippen molar-refractivity contribution < 1.29 is 9.47 Å². The predicted octanol–water partition coefficient (Wildman–Crippen LogP) is 1.46. The molecule has 0 aliphatic rings. The van der Waals surface area contributed by atoms with Gasteiger partial charge in [-0.1, -0.05) is 18.2 Å². The smallest absolute Gasteiger partial charge is 0.188 e. The number of likely N-dealkylation sites (N-methyl/N-ethyl adjacent to an activating group) is 1.